The van der Waals surface area contributed by atoms with Crippen molar-refractivity contribution < 1.29 is 13.5 Å². The number of nitrogen functional groups attached to an aromatic ring is 1. The summed E-state index contributed by atoms with van der Waals surface area (Å²) in [6.45, 7) is 0. The van der Waals surface area contributed by atoms with E-state index in [-0.39, 0.29) is 17.1 Å². The molecule has 5 heteroatoms. The molecule has 2 aromatic rings. The number of rotatable bonds is 3. The summed E-state index contributed by atoms with van der Waals surface area (Å²) >= 11 is 0. The fourth-order valence-electron chi connectivity index (χ4n) is 1.85. The number of hydrogen-bond acceptors (Lipinski definition) is 3. The standard InChI is InChI=1S/C14H14F2N2O/c1-18(12-6-4-3-5-9(12)15)13-8-14(19-2)11(17)7-10(13)16/h3-8H,17H2,1-2H3. The van der Waals surface area contributed by atoms with Crippen molar-refractivity contribution >= 4 is 17.1 Å². The van der Waals surface area contributed by atoms with Gasteiger partial charge >= 0.3 is 0 Å². The van der Waals surface area contributed by atoms with Crippen LogP contribution in [0.4, 0.5) is 25.8 Å². The lowest BCUT2D eigenvalue weighted by molar-refractivity contribution is 0.416. The molecule has 0 saturated heterocycles. The van der Waals surface area contributed by atoms with Gasteiger partial charge in [-0.1, -0.05) is 12.1 Å². The SMILES string of the molecule is COc1cc(N(C)c2ccccc2F)c(F)cc1N. The van der Waals surface area contributed by atoms with E-state index in [1.54, 1.807) is 25.2 Å². The third-order valence-corrected chi connectivity index (χ3v) is 2.87. The van der Waals surface area contributed by atoms with E-state index >= 15 is 0 Å². The lowest BCUT2D eigenvalue weighted by atomic mass is 10.2. The van der Waals surface area contributed by atoms with Crippen molar-refractivity contribution in [3.05, 3.63) is 48.0 Å². The number of methoxy groups -OCH3 is 1. The maximum atomic E-state index is 13.9. The van der Waals surface area contributed by atoms with E-state index in [1.165, 1.54) is 24.1 Å². The van der Waals surface area contributed by atoms with Crippen LogP contribution in [0.15, 0.2) is 36.4 Å². The van der Waals surface area contributed by atoms with Gasteiger partial charge in [0.15, 0.2) is 0 Å². The van der Waals surface area contributed by atoms with Crippen LogP contribution in [0.2, 0.25) is 0 Å². The first kappa shape index (κ1) is 13.1. The maximum Gasteiger partial charge on any atom is 0.149 e. The number of ether oxygens (including phenoxy) is 1. The smallest absolute Gasteiger partial charge is 0.149 e. The fourth-order valence-corrected chi connectivity index (χ4v) is 1.85. The van der Waals surface area contributed by atoms with Gasteiger partial charge < -0.3 is 15.4 Å². The molecule has 100 valence electrons. The van der Waals surface area contributed by atoms with Crippen LogP contribution in [0.1, 0.15) is 0 Å². The Balaban J connectivity index is 2.50. The minimum absolute atomic E-state index is 0.191. The van der Waals surface area contributed by atoms with Crippen molar-refractivity contribution in [3.63, 3.8) is 0 Å². The summed E-state index contributed by atoms with van der Waals surface area (Å²) in [4.78, 5) is 1.41. The molecule has 0 heterocycles. The summed E-state index contributed by atoms with van der Waals surface area (Å²) in [5.74, 6) is -0.621. The largest absolute Gasteiger partial charge is 0.495 e. The molecule has 0 saturated carbocycles. The van der Waals surface area contributed by atoms with Crippen LogP contribution >= 0.6 is 0 Å². The Bertz CT molecular complexity index is 602. The second-order valence-corrected chi connectivity index (χ2v) is 4.06. The Labute approximate surface area is 110 Å². The van der Waals surface area contributed by atoms with Gasteiger partial charge in [-0.05, 0) is 12.1 Å². The molecule has 0 amide bonds. The Kier molecular flexibility index (Phi) is 3.55. The topological polar surface area (TPSA) is 38.5 Å². The molecule has 0 aliphatic carbocycles. The number of nitrogens with two attached hydrogens (primary N) is 1. The second kappa shape index (κ2) is 5.14. The molecule has 0 aliphatic rings. The van der Waals surface area contributed by atoms with Crippen LogP contribution in [-0.2, 0) is 0 Å². The molecule has 3 nitrogen and oxygen atoms in total. The number of nitrogens with zero attached hydrogens (tertiary/aromatic N) is 1. The third kappa shape index (κ3) is 2.45. The van der Waals surface area contributed by atoms with Crippen LogP contribution in [-0.4, -0.2) is 14.2 Å². The minimum Gasteiger partial charge on any atom is -0.495 e. The third-order valence-electron chi connectivity index (χ3n) is 2.87. The molecule has 0 aliphatic heterocycles. The molecule has 19 heavy (non-hydrogen) atoms. The monoisotopic (exact) mass is 264 g/mol. The highest BCUT2D eigenvalue weighted by Gasteiger charge is 2.15. The Morgan fingerprint density at radius 1 is 1.05 bits per heavy atom. The zero-order valence-corrected chi connectivity index (χ0v) is 10.7. The first-order valence-corrected chi connectivity index (χ1v) is 5.66. The van der Waals surface area contributed by atoms with Crippen molar-refractivity contribution in [3.8, 4) is 5.75 Å². The van der Waals surface area contributed by atoms with Crippen LogP contribution < -0.4 is 15.4 Å². The Morgan fingerprint density at radius 3 is 2.37 bits per heavy atom. The molecule has 0 spiro atoms. The van der Waals surface area contributed by atoms with Crippen LogP contribution in [0.5, 0.6) is 5.75 Å². The first-order chi connectivity index (χ1) is 9.04. The van der Waals surface area contributed by atoms with E-state index in [1.807, 2.05) is 0 Å². The highest BCUT2D eigenvalue weighted by atomic mass is 19.1. The van der Waals surface area contributed by atoms with E-state index < -0.39 is 11.6 Å². The second-order valence-electron chi connectivity index (χ2n) is 4.06. The number of anilines is 3. The van der Waals surface area contributed by atoms with E-state index in [0.717, 1.165) is 6.07 Å². The lowest BCUT2D eigenvalue weighted by Crippen LogP contribution is -2.13. The number of halogens is 2. The summed E-state index contributed by atoms with van der Waals surface area (Å²) in [6, 6.07) is 8.74. The maximum absolute atomic E-state index is 13.9. The van der Waals surface area contributed by atoms with Gasteiger partial charge in [-0.25, -0.2) is 8.78 Å². The lowest BCUT2D eigenvalue weighted by Gasteiger charge is -2.21. The van der Waals surface area contributed by atoms with E-state index in [0.29, 0.717) is 5.75 Å². The summed E-state index contributed by atoms with van der Waals surface area (Å²) in [5.41, 5.74) is 6.27. The number of benzene rings is 2. The predicted octanol–water partition coefficient (Wildman–Crippen LogP) is 3.32. The van der Waals surface area contributed by atoms with Gasteiger partial charge in [0, 0.05) is 19.2 Å². The van der Waals surface area contributed by atoms with Gasteiger partial charge in [0.2, 0.25) is 0 Å². The van der Waals surface area contributed by atoms with E-state index in [9.17, 15) is 8.78 Å². The average Bonchev–Trinajstić information content (AvgIpc) is 2.39. The number of para-hydroxylation sites is 1. The molecule has 2 N–H and O–H groups in total. The first-order valence-electron chi connectivity index (χ1n) is 5.66. The molecule has 0 aromatic heterocycles. The van der Waals surface area contributed by atoms with Crippen molar-refractivity contribution in [1.82, 2.24) is 0 Å². The van der Waals surface area contributed by atoms with Gasteiger partial charge in [0.25, 0.3) is 0 Å². The molecule has 2 rings (SSSR count). The zero-order valence-electron chi connectivity index (χ0n) is 10.7. The normalized spacial score (nSPS) is 10.3. The molecule has 0 atom stereocenters. The van der Waals surface area contributed by atoms with Crippen molar-refractivity contribution in [2.75, 3.05) is 24.8 Å². The van der Waals surface area contributed by atoms with Gasteiger partial charge in [0.05, 0.1) is 24.2 Å². The van der Waals surface area contributed by atoms with Crippen LogP contribution in [0, 0.1) is 11.6 Å². The zero-order chi connectivity index (χ0) is 14.0. The quantitative estimate of drug-likeness (QED) is 0.864. The van der Waals surface area contributed by atoms with Crippen molar-refractivity contribution in [1.29, 1.82) is 0 Å². The minimum atomic E-state index is -0.538. The molecule has 0 unspecified atom stereocenters. The Morgan fingerprint density at radius 2 is 1.74 bits per heavy atom. The van der Waals surface area contributed by atoms with Gasteiger partial charge in [-0.3, -0.25) is 0 Å². The highest BCUT2D eigenvalue weighted by molar-refractivity contribution is 5.69. The predicted molar refractivity (Wildman–Crippen MR) is 71.8 cm³/mol. The van der Waals surface area contributed by atoms with Crippen molar-refractivity contribution in [2.24, 2.45) is 0 Å². The van der Waals surface area contributed by atoms with Gasteiger partial charge in [0.1, 0.15) is 17.4 Å². The average molecular weight is 264 g/mol. The summed E-state index contributed by atoms with van der Waals surface area (Å²) in [7, 11) is 3.02. The highest BCUT2D eigenvalue weighted by Crippen LogP contribution is 2.34. The molecular formula is C14H14F2N2O. The summed E-state index contributed by atoms with van der Waals surface area (Å²) < 4.78 is 32.7. The van der Waals surface area contributed by atoms with Gasteiger partial charge in [-0.2, -0.15) is 0 Å². The van der Waals surface area contributed by atoms with Crippen molar-refractivity contribution in [2.45, 2.75) is 0 Å². The number of hydrogen-bond donors (Lipinski definition) is 1. The Hall–Kier alpha value is -2.30. The van der Waals surface area contributed by atoms with E-state index in [4.69, 9.17) is 10.5 Å². The summed E-state index contributed by atoms with van der Waals surface area (Å²) in [5, 5.41) is 0. The molecule has 0 bridgehead atoms. The molecular weight excluding hydrogens is 250 g/mol. The van der Waals surface area contributed by atoms with Crippen LogP contribution in [0.25, 0.3) is 0 Å². The molecule has 2 aromatic carbocycles. The molecule has 0 fully saturated rings. The fraction of sp³-hybridized carbons (Fsp3) is 0.143. The van der Waals surface area contributed by atoms with E-state index in [2.05, 4.69) is 0 Å². The summed E-state index contributed by atoms with van der Waals surface area (Å²) in [6.07, 6.45) is 0. The van der Waals surface area contributed by atoms with Crippen LogP contribution in [0.3, 0.4) is 0 Å². The van der Waals surface area contributed by atoms with Gasteiger partial charge in [-0.15, -0.1) is 0 Å². The molecule has 0 radical (unpaired) electrons.